The van der Waals surface area contributed by atoms with Crippen molar-refractivity contribution in [3.63, 3.8) is 0 Å². The maximum atomic E-state index is 15.5. The molecule has 2 nitrogen and oxygen atoms in total. The van der Waals surface area contributed by atoms with Crippen LogP contribution in [0.15, 0.2) is 12.2 Å². The summed E-state index contributed by atoms with van der Waals surface area (Å²) >= 11 is 0. The highest BCUT2D eigenvalue weighted by Crippen LogP contribution is 2.72. The van der Waals surface area contributed by atoms with Gasteiger partial charge in [-0.15, -0.1) is 0 Å². The fourth-order valence-electron chi connectivity index (χ4n) is 4.42. The average Bonchev–Trinajstić information content (AvgIpc) is 3.14. The van der Waals surface area contributed by atoms with Gasteiger partial charge in [0, 0.05) is 5.57 Å². The normalized spacial score (nSPS) is 17.7. The molecule has 0 radical (unpaired) electrons. The Hall–Kier alpha value is -3.94. The third-order valence-corrected chi connectivity index (χ3v) is 8.87. The SMILES string of the molecule is C=C(C)C(=O)OC(F)(C(F)(F)C(F)(F)C(F)(F)C(F)(F)C(F)(F)C(F)(F)C(F)(F)C(F)(F)C(F)(F)C(F)(F)C(F)(F)F)C(F)(F)C(F)(F)C(F)(F)C(F)(F)C(F)(F)C(F)(F)C(F)(F)C(F)(C(F)(F)F)C(F)(F)F. The third-order valence-electron chi connectivity index (χ3n) is 8.87. The Morgan fingerprint density at radius 2 is 0.397 bits per heavy atom. The number of alkyl halides is 45. The zero-order valence-corrected chi connectivity index (χ0v) is 31.5. The standard InChI is InChI=1S/C26H5F45O2/c1-3(2)4(72)73-23(62,20(56,57)17(50,51)14(44,45)9(34,35)8(32,33)7(30,31)6(28,29)5(27,24(63,64)65)25(66,67)68)21(58,59)18(52,53)15(46,47)12(40,41)10(36,37)11(38,39)13(42,43)16(48,49)19(54,55)22(60,61)26(69,70)71/h1H2,2H3. The van der Waals surface area contributed by atoms with Crippen molar-refractivity contribution in [1.82, 2.24) is 0 Å². The fourth-order valence-corrected chi connectivity index (χ4v) is 4.42. The van der Waals surface area contributed by atoms with E-state index in [-0.39, 0.29) is 0 Å². The van der Waals surface area contributed by atoms with Crippen LogP contribution in [0.1, 0.15) is 6.92 Å². The zero-order valence-electron chi connectivity index (χ0n) is 31.5. The minimum atomic E-state index is -10.7. The Bertz CT molecular complexity index is 2040. The van der Waals surface area contributed by atoms with Crippen molar-refractivity contribution in [3.05, 3.63) is 12.2 Å². The summed E-state index contributed by atoms with van der Waals surface area (Å²) in [5.41, 5.74) is -12.4. The molecule has 73 heavy (non-hydrogen) atoms. The highest BCUT2D eigenvalue weighted by atomic mass is 19.5. The van der Waals surface area contributed by atoms with Crippen molar-refractivity contribution in [3.8, 4) is 0 Å². The van der Waals surface area contributed by atoms with Crippen molar-refractivity contribution in [1.29, 1.82) is 0 Å². The van der Waals surface area contributed by atoms with Crippen molar-refractivity contribution >= 4 is 5.97 Å². The lowest BCUT2D eigenvalue weighted by molar-refractivity contribution is -0.504. The Morgan fingerprint density at radius 1 is 0.247 bits per heavy atom. The van der Waals surface area contributed by atoms with Crippen LogP contribution in [0.5, 0.6) is 0 Å². The largest absolute Gasteiger partial charge is 0.460 e. The number of carbonyl (C=O) groups is 1. The second kappa shape index (κ2) is 16.8. The van der Waals surface area contributed by atoms with E-state index >= 15 is 4.39 Å². The smallest absolute Gasteiger partial charge is 0.413 e. The van der Waals surface area contributed by atoms with Gasteiger partial charge in [-0.1, -0.05) is 6.58 Å². The molecule has 0 aromatic heterocycles. The van der Waals surface area contributed by atoms with Gasteiger partial charge in [-0.25, -0.2) is 9.18 Å². The van der Waals surface area contributed by atoms with Crippen molar-refractivity contribution in [2.75, 3.05) is 0 Å². The maximum Gasteiger partial charge on any atom is 0.460 e. The topological polar surface area (TPSA) is 26.3 Å². The maximum absolute atomic E-state index is 15.5. The van der Waals surface area contributed by atoms with Crippen molar-refractivity contribution < 1.29 is 207 Å². The highest BCUT2D eigenvalue weighted by molar-refractivity contribution is 5.87. The minimum Gasteiger partial charge on any atom is -0.413 e. The molecule has 0 amide bonds. The van der Waals surface area contributed by atoms with E-state index in [0.29, 0.717) is 0 Å². The van der Waals surface area contributed by atoms with Crippen LogP contribution in [0.2, 0.25) is 0 Å². The number of rotatable bonds is 20. The Morgan fingerprint density at radius 3 is 0.548 bits per heavy atom. The van der Waals surface area contributed by atoms with E-state index in [1.807, 2.05) is 0 Å². The predicted molar refractivity (Wildman–Crippen MR) is 131 cm³/mol. The van der Waals surface area contributed by atoms with Gasteiger partial charge in [0.15, 0.2) is 0 Å². The lowest BCUT2D eigenvalue weighted by atomic mass is 9.80. The summed E-state index contributed by atoms with van der Waals surface area (Å²) in [5.74, 6) is -191. The first kappa shape index (κ1) is 69.1. The molecule has 0 aliphatic heterocycles. The van der Waals surface area contributed by atoms with E-state index in [4.69, 9.17) is 0 Å². The van der Waals surface area contributed by atoms with Crippen LogP contribution in [0.4, 0.5) is 198 Å². The quantitative estimate of drug-likeness (QED) is 0.0690. The number of hydrogen-bond donors (Lipinski definition) is 0. The van der Waals surface area contributed by atoms with Crippen molar-refractivity contribution in [2.24, 2.45) is 0 Å². The summed E-state index contributed by atoms with van der Waals surface area (Å²) in [4.78, 5) is 11.5. The fraction of sp³-hybridized carbons (Fsp3) is 0.885. The molecule has 0 saturated heterocycles. The first-order valence-electron chi connectivity index (χ1n) is 15.5. The number of hydrogen-bond acceptors (Lipinski definition) is 2. The summed E-state index contributed by atoms with van der Waals surface area (Å²) in [5, 5.41) is 0. The van der Waals surface area contributed by atoms with Gasteiger partial charge in [0.2, 0.25) is 0 Å². The van der Waals surface area contributed by atoms with Crippen molar-refractivity contribution in [2.45, 2.75) is 138 Å². The molecule has 0 saturated carbocycles. The number of esters is 1. The van der Waals surface area contributed by atoms with Crippen LogP contribution in [0, 0.1) is 0 Å². The minimum absolute atomic E-state index is 0.677. The molecule has 0 aliphatic carbocycles. The molecule has 0 spiro atoms. The molecule has 0 bridgehead atoms. The van der Waals surface area contributed by atoms with E-state index in [1.165, 1.54) is 4.74 Å². The third kappa shape index (κ3) is 7.89. The Balaban J connectivity index is 8.76. The number of ether oxygens (including phenoxy) is 1. The summed E-state index contributed by atoms with van der Waals surface area (Å²) in [6, 6.07) is 0. The predicted octanol–water partition coefficient (Wildman–Crippen LogP) is 15.0. The van der Waals surface area contributed by atoms with E-state index in [9.17, 15) is 198 Å². The molecule has 0 heterocycles. The molecule has 0 aliphatic rings. The number of halogens is 45. The first-order chi connectivity index (χ1) is 30.6. The van der Waals surface area contributed by atoms with Gasteiger partial charge >= 0.3 is 137 Å². The molecule has 436 valence electrons. The molecule has 0 aromatic rings. The van der Waals surface area contributed by atoms with Gasteiger partial charge in [-0.05, 0) is 6.92 Å². The lowest BCUT2D eigenvalue weighted by Gasteiger charge is -2.49. The first-order valence-corrected chi connectivity index (χ1v) is 15.5. The summed E-state index contributed by atoms with van der Waals surface area (Å²) < 4.78 is 624. The van der Waals surface area contributed by atoms with E-state index in [2.05, 4.69) is 0 Å². The molecule has 47 heteroatoms. The van der Waals surface area contributed by atoms with E-state index < -0.39 is 149 Å². The van der Waals surface area contributed by atoms with Crippen LogP contribution in [-0.2, 0) is 9.53 Å². The van der Waals surface area contributed by atoms with E-state index in [1.54, 1.807) is 6.58 Å². The molecule has 0 aromatic carbocycles. The molecule has 0 N–H and O–H groups in total. The van der Waals surface area contributed by atoms with Gasteiger partial charge in [-0.3, -0.25) is 0 Å². The Kier molecular flexibility index (Phi) is 15.9. The molecule has 0 rings (SSSR count). The summed E-state index contributed by atoms with van der Waals surface area (Å²) in [6.07, 6.45) is -26.8. The summed E-state index contributed by atoms with van der Waals surface area (Å²) in [6.45, 7) is 1.05. The summed E-state index contributed by atoms with van der Waals surface area (Å²) in [7, 11) is 0. The molecule has 0 fully saturated rings. The van der Waals surface area contributed by atoms with Crippen LogP contribution in [0.3, 0.4) is 0 Å². The molecule has 1 atom stereocenters. The van der Waals surface area contributed by atoms with Crippen LogP contribution in [-0.4, -0.2) is 137 Å². The van der Waals surface area contributed by atoms with Gasteiger partial charge < -0.3 is 4.74 Å². The Labute approximate surface area is 364 Å². The number of carbonyl (C=O) groups excluding carboxylic acids is 1. The molecule has 1 unspecified atom stereocenters. The van der Waals surface area contributed by atoms with Gasteiger partial charge in [0.25, 0.3) is 0 Å². The average molecular weight is 1200 g/mol. The highest BCUT2D eigenvalue weighted by Gasteiger charge is 3.04. The van der Waals surface area contributed by atoms with Crippen LogP contribution >= 0.6 is 0 Å². The van der Waals surface area contributed by atoms with Gasteiger partial charge in [-0.2, -0.15) is 193 Å². The monoisotopic (exact) mass is 1200 g/mol. The van der Waals surface area contributed by atoms with Gasteiger partial charge in [0.05, 0.1) is 0 Å². The molecular weight excluding hydrogens is 1200 g/mol. The second-order valence-corrected chi connectivity index (χ2v) is 13.7. The van der Waals surface area contributed by atoms with E-state index in [0.717, 1.165) is 0 Å². The molecular formula is C26H5F45O2. The lowest BCUT2D eigenvalue weighted by Crippen LogP contribution is -2.82. The zero-order chi connectivity index (χ0) is 60.9. The van der Waals surface area contributed by atoms with Crippen LogP contribution in [0.25, 0.3) is 0 Å². The van der Waals surface area contributed by atoms with Gasteiger partial charge in [0.1, 0.15) is 0 Å². The second-order valence-electron chi connectivity index (χ2n) is 13.7. The van der Waals surface area contributed by atoms with Crippen LogP contribution < -0.4 is 0 Å².